The van der Waals surface area contributed by atoms with Gasteiger partial charge in [-0.3, -0.25) is 4.90 Å². The molecule has 1 aromatic heterocycles. The quantitative estimate of drug-likeness (QED) is 0.679. The summed E-state index contributed by atoms with van der Waals surface area (Å²) in [6.45, 7) is 4.85. The molecule has 0 unspecified atom stereocenters. The summed E-state index contributed by atoms with van der Waals surface area (Å²) in [5.41, 5.74) is 1.22. The van der Waals surface area contributed by atoms with Crippen molar-refractivity contribution in [3.63, 3.8) is 0 Å². The van der Waals surface area contributed by atoms with Crippen LogP contribution >= 0.6 is 0 Å². The van der Waals surface area contributed by atoms with Crippen molar-refractivity contribution < 1.29 is 13.9 Å². The maximum atomic E-state index is 5.46. The lowest BCUT2D eigenvalue weighted by molar-refractivity contribution is 0.110. The predicted molar refractivity (Wildman–Crippen MR) is 70.5 cm³/mol. The average molecular weight is 256 g/mol. The number of methoxy groups -OCH3 is 2. The molecule has 0 atom stereocenters. The molecule has 0 aliphatic carbocycles. The van der Waals surface area contributed by atoms with Gasteiger partial charge in [-0.1, -0.05) is 0 Å². The summed E-state index contributed by atoms with van der Waals surface area (Å²) in [5.74, 6) is 0.998. The van der Waals surface area contributed by atoms with Crippen LogP contribution in [0.15, 0.2) is 16.7 Å². The van der Waals surface area contributed by atoms with E-state index in [0.717, 1.165) is 45.2 Å². The van der Waals surface area contributed by atoms with Gasteiger partial charge in [0.1, 0.15) is 5.76 Å². The number of furan rings is 1. The second-order valence-electron chi connectivity index (χ2n) is 4.16. The molecule has 0 spiro atoms. The molecule has 0 aromatic carbocycles. The molecule has 0 bridgehead atoms. The van der Waals surface area contributed by atoms with Gasteiger partial charge in [-0.2, -0.15) is 0 Å². The summed E-state index contributed by atoms with van der Waals surface area (Å²) in [7, 11) is 5.36. The van der Waals surface area contributed by atoms with Crippen LogP contribution in [0.1, 0.15) is 11.3 Å². The van der Waals surface area contributed by atoms with Crippen LogP contribution in [-0.4, -0.2) is 52.5 Å². The van der Waals surface area contributed by atoms with Gasteiger partial charge < -0.3 is 19.2 Å². The first-order chi connectivity index (χ1) is 8.81. The van der Waals surface area contributed by atoms with Crippen LogP contribution in [0.4, 0.5) is 0 Å². The van der Waals surface area contributed by atoms with E-state index in [-0.39, 0.29) is 0 Å². The largest absolute Gasteiger partial charge is 0.468 e. The maximum Gasteiger partial charge on any atom is 0.122 e. The zero-order valence-corrected chi connectivity index (χ0v) is 11.6. The van der Waals surface area contributed by atoms with Crippen LogP contribution in [0.3, 0.4) is 0 Å². The van der Waals surface area contributed by atoms with E-state index in [1.165, 1.54) is 5.56 Å². The van der Waals surface area contributed by atoms with Crippen LogP contribution in [0.2, 0.25) is 0 Å². The highest BCUT2D eigenvalue weighted by atomic mass is 16.5. The molecular weight excluding hydrogens is 232 g/mol. The van der Waals surface area contributed by atoms with Crippen LogP contribution < -0.4 is 5.32 Å². The van der Waals surface area contributed by atoms with Crippen LogP contribution in [0.5, 0.6) is 0 Å². The monoisotopic (exact) mass is 256 g/mol. The van der Waals surface area contributed by atoms with E-state index >= 15 is 0 Å². The lowest BCUT2D eigenvalue weighted by atomic mass is 10.2. The minimum atomic E-state index is 0.725. The summed E-state index contributed by atoms with van der Waals surface area (Å²) < 4.78 is 15.7. The van der Waals surface area contributed by atoms with E-state index in [9.17, 15) is 0 Å². The molecule has 104 valence electrons. The van der Waals surface area contributed by atoms with E-state index in [0.29, 0.717) is 0 Å². The number of rotatable bonds is 10. The topological polar surface area (TPSA) is 46.9 Å². The molecule has 5 nitrogen and oxygen atoms in total. The highest BCUT2D eigenvalue weighted by Crippen LogP contribution is 2.13. The first-order valence-corrected chi connectivity index (χ1v) is 6.22. The molecular formula is C13H24N2O3. The Labute approximate surface area is 109 Å². The standard InChI is InChI=1S/C13H24N2O3/c1-14-10-13-12(4-7-18-13)11-15(5-8-16-2)6-9-17-3/h4,7,14H,5-6,8-11H2,1-3H3. The Balaban J connectivity index is 2.53. The zero-order chi connectivity index (χ0) is 13.2. The van der Waals surface area contributed by atoms with Crippen LogP contribution in [-0.2, 0) is 22.6 Å². The molecule has 0 saturated carbocycles. The fraction of sp³-hybridized carbons (Fsp3) is 0.692. The van der Waals surface area contributed by atoms with Gasteiger partial charge in [-0.25, -0.2) is 0 Å². The molecule has 0 radical (unpaired) electrons. The number of hydrogen-bond donors (Lipinski definition) is 1. The molecule has 1 rings (SSSR count). The Bertz CT molecular complexity index is 307. The highest BCUT2D eigenvalue weighted by molar-refractivity contribution is 5.16. The van der Waals surface area contributed by atoms with Gasteiger partial charge in [-0.05, 0) is 13.1 Å². The fourth-order valence-electron chi connectivity index (χ4n) is 1.78. The number of hydrogen-bond acceptors (Lipinski definition) is 5. The van der Waals surface area contributed by atoms with Crippen molar-refractivity contribution in [2.24, 2.45) is 0 Å². The van der Waals surface area contributed by atoms with Crippen LogP contribution in [0, 0.1) is 0 Å². The molecule has 5 heteroatoms. The molecule has 0 fully saturated rings. The normalized spacial score (nSPS) is 11.3. The molecule has 18 heavy (non-hydrogen) atoms. The summed E-state index contributed by atoms with van der Waals surface area (Å²) >= 11 is 0. The van der Waals surface area contributed by atoms with Gasteiger partial charge in [-0.15, -0.1) is 0 Å². The SMILES string of the molecule is CNCc1occc1CN(CCOC)CCOC. The molecule has 0 amide bonds. The summed E-state index contributed by atoms with van der Waals surface area (Å²) in [6.07, 6.45) is 1.74. The minimum absolute atomic E-state index is 0.725. The third-order valence-corrected chi connectivity index (χ3v) is 2.79. The predicted octanol–water partition coefficient (Wildman–Crippen LogP) is 1.09. The third kappa shape index (κ3) is 5.18. The van der Waals surface area contributed by atoms with E-state index in [2.05, 4.69) is 10.2 Å². The van der Waals surface area contributed by atoms with Crippen LogP contribution in [0.25, 0.3) is 0 Å². The van der Waals surface area contributed by atoms with Gasteiger partial charge in [0, 0.05) is 39.4 Å². The van der Waals surface area contributed by atoms with Crippen molar-refractivity contribution in [3.05, 3.63) is 23.7 Å². The van der Waals surface area contributed by atoms with Crippen molar-refractivity contribution >= 4 is 0 Å². The molecule has 0 saturated heterocycles. The average Bonchev–Trinajstić information content (AvgIpc) is 2.80. The fourth-order valence-corrected chi connectivity index (χ4v) is 1.78. The first-order valence-electron chi connectivity index (χ1n) is 6.22. The van der Waals surface area contributed by atoms with Gasteiger partial charge in [0.2, 0.25) is 0 Å². The second kappa shape index (κ2) is 9.10. The summed E-state index contributed by atoms with van der Waals surface area (Å²) in [4.78, 5) is 2.30. The number of nitrogens with zero attached hydrogens (tertiary/aromatic N) is 1. The van der Waals surface area contributed by atoms with Crippen molar-refractivity contribution in [3.8, 4) is 0 Å². The molecule has 0 aliphatic rings. The Morgan fingerprint density at radius 2 is 1.89 bits per heavy atom. The van der Waals surface area contributed by atoms with Crippen molar-refractivity contribution in [1.82, 2.24) is 10.2 Å². The second-order valence-corrected chi connectivity index (χ2v) is 4.16. The molecule has 1 heterocycles. The highest BCUT2D eigenvalue weighted by Gasteiger charge is 2.11. The van der Waals surface area contributed by atoms with Gasteiger partial charge in [0.15, 0.2) is 0 Å². The maximum absolute atomic E-state index is 5.46. The van der Waals surface area contributed by atoms with Gasteiger partial charge in [0.05, 0.1) is 26.0 Å². The van der Waals surface area contributed by atoms with Gasteiger partial charge in [0.25, 0.3) is 0 Å². The van der Waals surface area contributed by atoms with Crippen molar-refractivity contribution in [2.45, 2.75) is 13.1 Å². The Morgan fingerprint density at radius 3 is 2.44 bits per heavy atom. The summed E-state index contributed by atoms with van der Waals surface area (Å²) in [6, 6.07) is 2.03. The number of nitrogens with one attached hydrogen (secondary N) is 1. The van der Waals surface area contributed by atoms with E-state index in [1.54, 1.807) is 20.5 Å². The summed E-state index contributed by atoms with van der Waals surface area (Å²) in [5, 5.41) is 3.11. The minimum Gasteiger partial charge on any atom is -0.468 e. The smallest absolute Gasteiger partial charge is 0.122 e. The molecule has 1 aromatic rings. The van der Waals surface area contributed by atoms with Crippen molar-refractivity contribution in [1.29, 1.82) is 0 Å². The first kappa shape index (κ1) is 15.2. The lowest BCUT2D eigenvalue weighted by Crippen LogP contribution is -2.30. The molecule has 1 N–H and O–H groups in total. The Morgan fingerprint density at radius 1 is 1.22 bits per heavy atom. The van der Waals surface area contributed by atoms with Gasteiger partial charge >= 0.3 is 0 Å². The lowest BCUT2D eigenvalue weighted by Gasteiger charge is -2.21. The number of ether oxygens (including phenoxy) is 2. The Kier molecular flexibility index (Phi) is 7.68. The Hall–Kier alpha value is -0.880. The van der Waals surface area contributed by atoms with E-state index in [1.807, 2.05) is 13.1 Å². The van der Waals surface area contributed by atoms with Crippen molar-refractivity contribution in [2.75, 3.05) is 47.6 Å². The van der Waals surface area contributed by atoms with E-state index < -0.39 is 0 Å². The van der Waals surface area contributed by atoms with E-state index in [4.69, 9.17) is 13.9 Å². The molecule has 0 aliphatic heterocycles. The third-order valence-electron chi connectivity index (χ3n) is 2.79. The zero-order valence-electron chi connectivity index (χ0n) is 11.6.